The van der Waals surface area contributed by atoms with Crippen LogP contribution in [-0.4, -0.2) is 25.1 Å². The number of sulfone groups is 1. The third-order valence-electron chi connectivity index (χ3n) is 3.55. The number of hydrogen-bond donors (Lipinski definition) is 1. The van der Waals surface area contributed by atoms with Crippen molar-refractivity contribution >= 4 is 37.5 Å². The van der Waals surface area contributed by atoms with Crippen LogP contribution < -0.4 is 5.32 Å². The maximum absolute atomic E-state index is 12.1. The average molecular weight is 411 g/mol. The van der Waals surface area contributed by atoms with Gasteiger partial charge in [0.05, 0.1) is 22.8 Å². The van der Waals surface area contributed by atoms with Crippen LogP contribution in [-0.2, 0) is 27.5 Å². The SMILES string of the molecule is CCc1nc(NC(=O)Cc2ccc(S(=O)(=O)CC)cc2)ccc1Br. The number of nitrogens with zero attached hydrogens (tertiary/aromatic N) is 1. The molecule has 1 N–H and O–H groups in total. The van der Waals surface area contributed by atoms with Crippen molar-refractivity contribution in [2.45, 2.75) is 31.6 Å². The van der Waals surface area contributed by atoms with E-state index >= 15 is 0 Å². The Morgan fingerprint density at radius 1 is 1.12 bits per heavy atom. The molecule has 0 aliphatic heterocycles. The van der Waals surface area contributed by atoms with E-state index in [4.69, 9.17) is 0 Å². The molecule has 2 rings (SSSR count). The number of pyridine rings is 1. The van der Waals surface area contributed by atoms with E-state index in [0.717, 1.165) is 22.2 Å². The highest BCUT2D eigenvalue weighted by molar-refractivity contribution is 9.10. The maximum Gasteiger partial charge on any atom is 0.229 e. The lowest BCUT2D eigenvalue weighted by atomic mass is 10.1. The fourth-order valence-corrected chi connectivity index (χ4v) is 3.54. The van der Waals surface area contributed by atoms with Crippen molar-refractivity contribution in [2.75, 3.05) is 11.1 Å². The number of rotatable bonds is 6. The van der Waals surface area contributed by atoms with Crippen LogP contribution in [0.5, 0.6) is 0 Å². The summed E-state index contributed by atoms with van der Waals surface area (Å²) >= 11 is 3.41. The summed E-state index contributed by atoms with van der Waals surface area (Å²) in [5.74, 6) is 0.366. The monoisotopic (exact) mass is 410 g/mol. The molecule has 1 heterocycles. The van der Waals surface area contributed by atoms with Crippen molar-refractivity contribution < 1.29 is 13.2 Å². The summed E-state index contributed by atoms with van der Waals surface area (Å²) in [7, 11) is -3.22. The molecular weight excluding hydrogens is 392 g/mol. The number of carbonyl (C=O) groups is 1. The summed E-state index contributed by atoms with van der Waals surface area (Å²) in [6, 6.07) is 9.98. The second kappa shape index (κ2) is 7.90. The number of amides is 1. The smallest absolute Gasteiger partial charge is 0.229 e. The highest BCUT2D eigenvalue weighted by Gasteiger charge is 2.12. The normalized spacial score (nSPS) is 11.3. The standard InChI is InChI=1S/C17H19BrN2O3S/c1-3-15-14(18)9-10-16(19-15)20-17(21)11-12-5-7-13(8-6-12)24(22,23)4-2/h5-10H,3-4,11H2,1-2H3,(H,19,20,21). The summed E-state index contributed by atoms with van der Waals surface area (Å²) in [4.78, 5) is 16.8. The summed E-state index contributed by atoms with van der Waals surface area (Å²) in [6.45, 7) is 3.59. The van der Waals surface area contributed by atoms with Gasteiger partial charge < -0.3 is 5.32 Å². The zero-order valence-corrected chi connectivity index (χ0v) is 15.9. The first kappa shape index (κ1) is 18.6. The van der Waals surface area contributed by atoms with Gasteiger partial charge >= 0.3 is 0 Å². The topological polar surface area (TPSA) is 76.1 Å². The van der Waals surface area contributed by atoms with Crippen LogP contribution in [0, 0.1) is 0 Å². The molecule has 0 spiro atoms. The van der Waals surface area contributed by atoms with Gasteiger partial charge in [-0.25, -0.2) is 13.4 Å². The molecule has 0 radical (unpaired) electrons. The predicted octanol–water partition coefficient (Wildman–Crippen LogP) is 3.38. The third kappa shape index (κ3) is 4.64. The molecule has 0 aliphatic rings. The molecule has 0 atom stereocenters. The van der Waals surface area contributed by atoms with Gasteiger partial charge in [-0.3, -0.25) is 4.79 Å². The molecule has 0 saturated carbocycles. The van der Waals surface area contributed by atoms with E-state index in [1.807, 2.05) is 13.0 Å². The molecule has 1 amide bonds. The Labute approximate surface area is 150 Å². The fraction of sp³-hybridized carbons (Fsp3) is 0.294. The minimum Gasteiger partial charge on any atom is -0.310 e. The zero-order valence-electron chi connectivity index (χ0n) is 13.5. The summed E-state index contributed by atoms with van der Waals surface area (Å²) < 4.78 is 24.5. The van der Waals surface area contributed by atoms with Gasteiger partial charge in [0, 0.05) is 4.47 Å². The second-order valence-corrected chi connectivity index (χ2v) is 8.38. The Hall–Kier alpha value is -1.73. The van der Waals surface area contributed by atoms with Crippen LogP contribution in [0.2, 0.25) is 0 Å². The Morgan fingerprint density at radius 2 is 1.79 bits per heavy atom. The molecule has 128 valence electrons. The Bertz CT molecular complexity index is 833. The van der Waals surface area contributed by atoms with Crippen molar-refractivity contribution in [1.82, 2.24) is 4.98 Å². The maximum atomic E-state index is 12.1. The minimum atomic E-state index is -3.22. The molecule has 0 aliphatic carbocycles. The van der Waals surface area contributed by atoms with E-state index in [-0.39, 0.29) is 23.0 Å². The van der Waals surface area contributed by atoms with E-state index in [1.165, 1.54) is 12.1 Å². The first-order valence-electron chi connectivity index (χ1n) is 7.62. The number of aromatic nitrogens is 1. The quantitative estimate of drug-likeness (QED) is 0.791. The number of anilines is 1. The molecule has 0 bridgehead atoms. The summed E-state index contributed by atoms with van der Waals surface area (Å²) in [5.41, 5.74) is 1.62. The van der Waals surface area contributed by atoms with Crippen molar-refractivity contribution in [2.24, 2.45) is 0 Å². The Balaban J connectivity index is 2.05. The molecule has 0 fully saturated rings. The average Bonchev–Trinajstić information content (AvgIpc) is 2.57. The van der Waals surface area contributed by atoms with E-state index in [0.29, 0.717) is 5.82 Å². The zero-order chi connectivity index (χ0) is 17.7. The van der Waals surface area contributed by atoms with Crippen LogP contribution in [0.3, 0.4) is 0 Å². The van der Waals surface area contributed by atoms with Gasteiger partial charge in [-0.05, 0) is 52.2 Å². The number of benzene rings is 1. The highest BCUT2D eigenvalue weighted by Crippen LogP contribution is 2.18. The first-order valence-corrected chi connectivity index (χ1v) is 10.1. The van der Waals surface area contributed by atoms with Crippen LogP contribution in [0.15, 0.2) is 45.8 Å². The van der Waals surface area contributed by atoms with E-state index in [9.17, 15) is 13.2 Å². The van der Waals surface area contributed by atoms with Gasteiger partial charge in [-0.1, -0.05) is 26.0 Å². The Morgan fingerprint density at radius 3 is 2.38 bits per heavy atom. The van der Waals surface area contributed by atoms with Gasteiger partial charge in [0.25, 0.3) is 0 Å². The molecular formula is C17H19BrN2O3S. The highest BCUT2D eigenvalue weighted by atomic mass is 79.9. The van der Waals surface area contributed by atoms with E-state index in [1.54, 1.807) is 25.1 Å². The van der Waals surface area contributed by atoms with Crippen molar-refractivity contribution in [3.8, 4) is 0 Å². The van der Waals surface area contributed by atoms with Crippen LogP contribution >= 0.6 is 15.9 Å². The number of nitrogens with one attached hydrogen (secondary N) is 1. The van der Waals surface area contributed by atoms with Gasteiger partial charge in [-0.2, -0.15) is 0 Å². The lowest BCUT2D eigenvalue weighted by molar-refractivity contribution is -0.115. The molecule has 1 aromatic heterocycles. The third-order valence-corrected chi connectivity index (χ3v) is 6.02. The molecule has 7 heteroatoms. The molecule has 5 nitrogen and oxygen atoms in total. The van der Waals surface area contributed by atoms with Gasteiger partial charge in [0.15, 0.2) is 9.84 Å². The number of hydrogen-bond acceptors (Lipinski definition) is 4. The second-order valence-electron chi connectivity index (χ2n) is 5.25. The molecule has 24 heavy (non-hydrogen) atoms. The largest absolute Gasteiger partial charge is 0.310 e. The fourth-order valence-electron chi connectivity index (χ4n) is 2.16. The van der Waals surface area contributed by atoms with Crippen LogP contribution in [0.25, 0.3) is 0 Å². The van der Waals surface area contributed by atoms with E-state index < -0.39 is 9.84 Å². The Kier molecular flexibility index (Phi) is 6.12. The predicted molar refractivity (Wildman–Crippen MR) is 97.8 cm³/mol. The first-order chi connectivity index (χ1) is 11.4. The van der Waals surface area contributed by atoms with E-state index in [2.05, 4.69) is 26.2 Å². The summed E-state index contributed by atoms with van der Waals surface area (Å²) in [5, 5.41) is 2.76. The number of halogens is 1. The van der Waals surface area contributed by atoms with Gasteiger partial charge in [-0.15, -0.1) is 0 Å². The lowest BCUT2D eigenvalue weighted by Crippen LogP contribution is -2.16. The number of aryl methyl sites for hydroxylation is 1. The van der Waals surface area contributed by atoms with Crippen molar-refractivity contribution in [1.29, 1.82) is 0 Å². The lowest BCUT2D eigenvalue weighted by Gasteiger charge is -2.08. The van der Waals surface area contributed by atoms with Crippen LogP contribution in [0.4, 0.5) is 5.82 Å². The molecule has 0 unspecified atom stereocenters. The van der Waals surface area contributed by atoms with Gasteiger partial charge in [0.1, 0.15) is 5.82 Å². The molecule has 0 saturated heterocycles. The number of carbonyl (C=O) groups excluding carboxylic acids is 1. The molecule has 1 aromatic carbocycles. The van der Waals surface area contributed by atoms with Crippen LogP contribution in [0.1, 0.15) is 25.1 Å². The van der Waals surface area contributed by atoms with Crippen molar-refractivity contribution in [3.63, 3.8) is 0 Å². The minimum absolute atomic E-state index is 0.0574. The summed E-state index contributed by atoms with van der Waals surface area (Å²) in [6.07, 6.45) is 0.920. The van der Waals surface area contributed by atoms with Crippen molar-refractivity contribution in [3.05, 3.63) is 52.1 Å². The van der Waals surface area contributed by atoms with Gasteiger partial charge in [0.2, 0.25) is 5.91 Å². The molecule has 2 aromatic rings.